The Morgan fingerprint density at radius 2 is 1.97 bits per heavy atom. The molecule has 3 amide bonds. The van der Waals surface area contributed by atoms with E-state index in [-0.39, 0.29) is 36.3 Å². The zero-order chi connectivity index (χ0) is 20.9. The monoisotopic (exact) mass is 415 g/mol. The fourth-order valence-electron chi connectivity index (χ4n) is 4.05. The van der Waals surface area contributed by atoms with Gasteiger partial charge in [0.05, 0.1) is 6.54 Å². The maximum Gasteiger partial charge on any atom is 0.315 e. The molecule has 1 saturated heterocycles. The quantitative estimate of drug-likeness (QED) is 0.756. The van der Waals surface area contributed by atoms with Gasteiger partial charge in [-0.05, 0) is 30.5 Å². The van der Waals surface area contributed by atoms with Crippen molar-refractivity contribution < 1.29 is 18.5 Å². The van der Waals surface area contributed by atoms with E-state index in [9.17, 15) is 14.0 Å². The SMILES string of the molecule is O=C(NCc1nc([C@@H]2CC(=O)N(Cc3ccc(F)cc3)C2)no1)NC1CCCCC1. The number of benzene rings is 1. The van der Waals surface area contributed by atoms with E-state index in [2.05, 4.69) is 20.8 Å². The second kappa shape index (κ2) is 9.23. The lowest BCUT2D eigenvalue weighted by atomic mass is 9.96. The lowest BCUT2D eigenvalue weighted by molar-refractivity contribution is -0.128. The zero-order valence-electron chi connectivity index (χ0n) is 16.8. The van der Waals surface area contributed by atoms with Gasteiger partial charge >= 0.3 is 6.03 Å². The van der Waals surface area contributed by atoms with E-state index in [0.29, 0.717) is 31.2 Å². The molecule has 1 aromatic heterocycles. The van der Waals surface area contributed by atoms with Gasteiger partial charge in [-0.1, -0.05) is 36.6 Å². The van der Waals surface area contributed by atoms with Crippen molar-refractivity contribution in [1.29, 1.82) is 0 Å². The standard InChI is InChI=1S/C21H26FN5O3/c22-16-8-6-14(7-9-16)12-27-13-15(10-19(27)28)20-25-18(30-26-20)11-23-21(29)24-17-4-2-1-3-5-17/h6-9,15,17H,1-5,10-13H2,(H2,23,24,29)/t15-/m1/s1. The number of aromatic nitrogens is 2. The number of rotatable bonds is 6. The normalized spacial score (nSPS) is 19.8. The molecule has 2 fully saturated rings. The van der Waals surface area contributed by atoms with Gasteiger partial charge in [0.1, 0.15) is 5.82 Å². The number of likely N-dealkylation sites (tertiary alicyclic amines) is 1. The van der Waals surface area contributed by atoms with Gasteiger partial charge in [-0.15, -0.1) is 0 Å². The predicted molar refractivity (Wildman–Crippen MR) is 106 cm³/mol. The average molecular weight is 415 g/mol. The molecule has 0 unspecified atom stereocenters. The molecule has 8 nitrogen and oxygen atoms in total. The summed E-state index contributed by atoms with van der Waals surface area (Å²) in [5.41, 5.74) is 0.868. The van der Waals surface area contributed by atoms with Crippen LogP contribution in [0.5, 0.6) is 0 Å². The topological polar surface area (TPSA) is 100 Å². The molecule has 0 spiro atoms. The van der Waals surface area contributed by atoms with Crippen LogP contribution in [-0.4, -0.2) is 39.6 Å². The van der Waals surface area contributed by atoms with Crippen LogP contribution in [0.3, 0.4) is 0 Å². The van der Waals surface area contributed by atoms with Crippen molar-refractivity contribution >= 4 is 11.9 Å². The van der Waals surface area contributed by atoms with Crippen LogP contribution in [0.1, 0.15) is 61.7 Å². The van der Waals surface area contributed by atoms with Crippen molar-refractivity contribution in [2.45, 2.75) is 63.6 Å². The third-order valence-electron chi connectivity index (χ3n) is 5.69. The van der Waals surface area contributed by atoms with Gasteiger partial charge in [0.25, 0.3) is 0 Å². The largest absolute Gasteiger partial charge is 0.338 e. The molecule has 2 N–H and O–H groups in total. The highest BCUT2D eigenvalue weighted by molar-refractivity contribution is 5.79. The van der Waals surface area contributed by atoms with Gasteiger partial charge in [0, 0.05) is 31.5 Å². The molecule has 0 bridgehead atoms. The fraction of sp³-hybridized carbons (Fsp3) is 0.524. The van der Waals surface area contributed by atoms with Gasteiger partial charge in [-0.2, -0.15) is 4.98 Å². The summed E-state index contributed by atoms with van der Waals surface area (Å²) in [6.07, 6.45) is 5.86. The number of nitrogens with one attached hydrogen (secondary N) is 2. The second-order valence-corrected chi connectivity index (χ2v) is 8.01. The van der Waals surface area contributed by atoms with E-state index in [4.69, 9.17) is 4.52 Å². The Kier molecular flexibility index (Phi) is 6.25. The highest BCUT2D eigenvalue weighted by Gasteiger charge is 2.33. The van der Waals surface area contributed by atoms with E-state index in [0.717, 1.165) is 31.2 Å². The van der Waals surface area contributed by atoms with Crippen LogP contribution >= 0.6 is 0 Å². The molecule has 160 valence electrons. The van der Waals surface area contributed by atoms with Crippen molar-refractivity contribution in [3.63, 3.8) is 0 Å². The van der Waals surface area contributed by atoms with Crippen molar-refractivity contribution in [3.8, 4) is 0 Å². The molecule has 4 rings (SSSR count). The molecule has 2 heterocycles. The summed E-state index contributed by atoms with van der Waals surface area (Å²) >= 11 is 0. The Balaban J connectivity index is 1.26. The summed E-state index contributed by atoms with van der Waals surface area (Å²) in [7, 11) is 0. The van der Waals surface area contributed by atoms with Crippen LogP contribution in [0.25, 0.3) is 0 Å². The zero-order valence-corrected chi connectivity index (χ0v) is 16.8. The molecule has 0 radical (unpaired) electrons. The summed E-state index contributed by atoms with van der Waals surface area (Å²) in [6.45, 7) is 1.04. The summed E-state index contributed by atoms with van der Waals surface area (Å²) in [4.78, 5) is 30.4. The Labute approximate surface area is 174 Å². The maximum absolute atomic E-state index is 13.1. The van der Waals surface area contributed by atoms with Gasteiger partial charge in [0.2, 0.25) is 11.8 Å². The van der Waals surface area contributed by atoms with Gasteiger partial charge in [-0.25, -0.2) is 9.18 Å². The number of hydrogen-bond acceptors (Lipinski definition) is 5. The van der Waals surface area contributed by atoms with Crippen LogP contribution in [-0.2, 0) is 17.9 Å². The molecule has 1 aliphatic heterocycles. The Morgan fingerprint density at radius 3 is 2.73 bits per heavy atom. The van der Waals surface area contributed by atoms with Crippen molar-refractivity contribution in [2.75, 3.05) is 6.54 Å². The van der Waals surface area contributed by atoms with Crippen LogP contribution in [0.2, 0.25) is 0 Å². The first-order valence-electron chi connectivity index (χ1n) is 10.5. The molecule has 1 saturated carbocycles. The highest BCUT2D eigenvalue weighted by Crippen LogP contribution is 2.27. The Bertz CT molecular complexity index is 879. The predicted octanol–water partition coefficient (Wildman–Crippen LogP) is 2.86. The number of nitrogens with zero attached hydrogens (tertiary/aromatic N) is 3. The third-order valence-corrected chi connectivity index (χ3v) is 5.69. The van der Waals surface area contributed by atoms with Gasteiger partial charge in [-0.3, -0.25) is 4.79 Å². The Morgan fingerprint density at radius 1 is 1.20 bits per heavy atom. The van der Waals surface area contributed by atoms with Crippen LogP contribution in [0, 0.1) is 5.82 Å². The first-order chi connectivity index (χ1) is 14.6. The van der Waals surface area contributed by atoms with Gasteiger partial charge < -0.3 is 20.1 Å². The average Bonchev–Trinajstić information content (AvgIpc) is 3.36. The minimum absolute atomic E-state index is 0.000611. The maximum atomic E-state index is 13.1. The first kappa shape index (κ1) is 20.3. The van der Waals surface area contributed by atoms with Gasteiger partial charge in [0.15, 0.2) is 5.82 Å². The van der Waals surface area contributed by atoms with E-state index in [1.165, 1.54) is 18.6 Å². The van der Waals surface area contributed by atoms with E-state index in [1.807, 2.05) is 0 Å². The molecular weight excluding hydrogens is 389 g/mol. The molecule has 1 aliphatic carbocycles. The number of carbonyl (C=O) groups excluding carboxylic acids is 2. The summed E-state index contributed by atoms with van der Waals surface area (Å²) < 4.78 is 18.3. The first-order valence-corrected chi connectivity index (χ1v) is 10.5. The van der Waals surface area contributed by atoms with Crippen molar-refractivity contribution in [2.24, 2.45) is 0 Å². The lowest BCUT2D eigenvalue weighted by Crippen LogP contribution is -2.42. The molecule has 1 aromatic carbocycles. The van der Waals surface area contributed by atoms with Crippen LogP contribution in [0.15, 0.2) is 28.8 Å². The fourth-order valence-corrected chi connectivity index (χ4v) is 4.05. The Hall–Kier alpha value is -2.97. The van der Waals surface area contributed by atoms with Crippen LogP contribution in [0.4, 0.5) is 9.18 Å². The molecule has 30 heavy (non-hydrogen) atoms. The van der Waals surface area contributed by atoms with E-state index >= 15 is 0 Å². The lowest BCUT2D eigenvalue weighted by Gasteiger charge is -2.22. The summed E-state index contributed by atoms with van der Waals surface area (Å²) in [5, 5.41) is 9.72. The number of urea groups is 1. The third kappa shape index (κ3) is 5.14. The number of amides is 3. The number of halogens is 1. The van der Waals surface area contributed by atoms with E-state index in [1.54, 1.807) is 17.0 Å². The highest BCUT2D eigenvalue weighted by atomic mass is 19.1. The number of carbonyl (C=O) groups is 2. The molecule has 2 aliphatic rings. The molecule has 9 heteroatoms. The van der Waals surface area contributed by atoms with Crippen molar-refractivity contribution in [3.05, 3.63) is 47.4 Å². The van der Waals surface area contributed by atoms with Crippen molar-refractivity contribution in [1.82, 2.24) is 25.7 Å². The molecule has 2 aromatic rings. The summed E-state index contributed by atoms with van der Waals surface area (Å²) in [5.74, 6) is 0.319. The minimum atomic E-state index is -0.301. The van der Waals surface area contributed by atoms with Crippen LogP contribution < -0.4 is 10.6 Å². The molecular formula is C21H26FN5O3. The van der Waals surface area contributed by atoms with E-state index < -0.39 is 0 Å². The summed E-state index contributed by atoms with van der Waals surface area (Å²) in [6, 6.07) is 6.11. The number of hydrogen-bond donors (Lipinski definition) is 2. The second-order valence-electron chi connectivity index (χ2n) is 8.01. The smallest absolute Gasteiger partial charge is 0.315 e. The minimum Gasteiger partial charge on any atom is -0.338 e. The molecule has 1 atom stereocenters.